The van der Waals surface area contributed by atoms with E-state index in [4.69, 9.17) is 10.5 Å². The molecule has 2 fully saturated rings. The molecule has 1 unspecified atom stereocenters. The molecule has 0 amide bonds. The zero-order valence-electron chi connectivity index (χ0n) is 17.9. The number of pyridine rings is 2. The van der Waals surface area contributed by atoms with Gasteiger partial charge in [0.05, 0.1) is 22.8 Å². The van der Waals surface area contributed by atoms with E-state index in [0.717, 1.165) is 16.6 Å². The van der Waals surface area contributed by atoms with Crippen molar-refractivity contribution in [3.8, 4) is 0 Å². The lowest BCUT2D eigenvalue weighted by Crippen LogP contribution is -2.45. The van der Waals surface area contributed by atoms with Gasteiger partial charge in [0.15, 0.2) is 17.9 Å². The first-order chi connectivity index (χ1) is 15.8. The number of aromatic nitrogens is 5. The van der Waals surface area contributed by atoms with Crippen LogP contribution in [0.3, 0.4) is 0 Å². The number of nitrogen functional groups attached to an aromatic ring is 1. The number of hydrogen-bond acceptors (Lipinski definition) is 8. The van der Waals surface area contributed by atoms with Crippen molar-refractivity contribution in [1.29, 1.82) is 0 Å². The maximum absolute atomic E-state index is 13.7. The molecule has 4 aromatic heterocycles. The highest BCUT2D eigenvalue weighted by Crippen LogP contribution is 2.50. The zero-order chi connectivity index (χ0) is 22.9. The largest absolute Gasteiger partial charge is 0.385 e. The lowest BCUT2D eigenvalue weighted by Gasteiger charge is -2.26. The fraction of sp³-hybridized carbons (Fsp3) is 0.391. The van der Waals surface area contributed by atoms with Gasteiger partial charge < -0.3 is 25.3 Å². The Balaban J connectivity index is 1.29. The van der Waals surface area contributed by atoms with Gasteiger partial charge in [-0.3, -0.25) is 4.98 Å². The number of ether oxygens (including phenoxy) is 1. The molecule has 0 spiro atoms. The lowest BCUT2D eigenvalue weighted by molar-refractivity contribution is -0.0675. The van der Waals surface area contributed by atoms with E-state index in [0.29, 0.717) is 35.9 Å². The minimum atomic E-state index is -1.36. The molecule has 0 radical (unpaired) electrons. The monoisotopic (exact) mass is 450 g/mol. The predicted octanol–water partition coefficient (Wildman–Crippen LogP) is 2.05. The molecule has 1 saturated heterocycles. The van der Waals surface area contributed by atoms with Crippen molar-refractivity contribution < 1.29 is 19.3 Å². The second-order valence-electron chi connectivity index (χ2n) is 9.04. The summed E-state index contributed by atoms with van der Waals surface area (Å²) in [7, 11) is 0. The Morgan fingerprint density at radius 3 is 2.97 bits per heavy atom. The van der Waals surface area contributed by atoms with Gasteiger partial charge in [0.1, 0.15) is 23.7 Å². The summed E-state index contributed by atoms with van der Waals surface area (Å²) in [4.78, 5) is 17.0. The second kappa shape index (κ2) is 7.14. The Bertz CT molecular complexity index is 1390. The van der Waals surface area contributed by atoms with E-state index in [-0.39, 0.29) is 11.7 Å². The first kappa shape index (κ1) is 20.4. The molecule has 5 heterocycles. The standard InChI is InChI=1S/C23H23FN6O3/c1-11-14-3-5-30(21(14)28-10-27-11)22-18(31)23(32)4-2-13(19(23)33-22)6-12-7-17-16(26-9-12)8-15(24)20(25)29-17/h3,5,7-10,13,18-19,22,31-32H,2,4,6H2,1H3,(H2,25,29)/t13-,18?,19+,22+,23-/m0/s1. The van der Waals surface area contributed by atoms with Crippen LogP contribution in [0.25, 0.3) is 22.1 Å². The van der Waals surface area contributed by atoms with Crippen LogP contribution in [0, 0.1) is 18.7 Å². The Kier molecular flexibility index (Phi) is 4.42. The second-order valence-corrected chi connectivity index (χ2v) is 9.04. The van der Waals surface area contributed by atoms with Crippen LogP contribution in [0.5, 0.6) is 0 Å². The van der Waals surface area contributed by atoms with Crippen molar-refractivity contribution in [3.63, 3.8) is 0 Å². The van der Waals surface area contributed by atoms with Gasteiger partial charge in [-0.1, -0.05) is 0 Å². The quantitative estimate of drug-likeness (QED) is 0.432. The van der Waals surface area contributed by atoms with Gasteiger partial charge in [-0.25, -0.2) is 19.3 Å². The molecule has 0 bridgehead atoms. The SMILES string of the molecule is Cc1ncnc2c1ccn2[C@@H]1O[C@@H]2[C@H](Cc3cnc4cc(F)c(N)nc4c3)CC[C@]2(O)C1O. The molecule has 1 aliphatic heterocycles. The number of anilines is 1. The number of aliphatic hydroxyl groups excluding tert-OH is 1. The molecule has 9 nitrogen and oxygen atoms in total. The molecule has 1 saturated carbocycles. The number of hydrogen-bond donors (Lipinski definition) is 3. The van der Waals surface area contributed by atoms with Crippen LogP contribution < -0.4 is 5.73 Å². The van der Waals surface area contributed by atoms with E-state index in [9.17, 15) is 14.6 Å². The Morgan fingerprint density at radius 2 is 2.12 bits per heavy atom. The summed E-state index contributed by atoms with van der Waals surface area (Å²) >= 11 is 0. The van der Waals surface area contributed by atoms with E-state index in [1.54, 1.807) is 10.8 Å². The van der Waals surface area contributed by atoms with Crippen molar-refractivity contribution in [3.05, 3.63) is 54.0 Å². The third-order valence-electron chi connectivity index (χ3n) is 7.09. The van der Waals surface area contributed by atoms with Crippen molar-refractivity contribution in [2.24, 2.45) is 5.92 Å². The summed E-state index contributed by atoms with van der Waals surface area (Å²) < 4.78 is 21.7. The van der Waals surface area contributed by atoms with E-state index in [2.05, 4.69) is 19.9 Å². The summed E-state index contributed by atoms with van der Waals surface area (Å²) in [6.07, 6.45) is 4.24. The molecule has 10 heteroatoms. The van der Waals surface area contributed by atoms with Gasteiger partial charge in [-0.15, -0.1) is 0 Å². The van der Waals surface area contributed by atoms with Gasteiger partial charge >= 0.3 is 0 Å². The first-order valence-electron chi connectivity index (χ1n) is 10.9. The van der Waals surface area contributed by atoms with Crippen molar-refractivity contribution in [2.45, 2.75) is 50.2 Å². The van der Waals surface area contributed by atoms with E-state index >= 15 is 0 Å². The molecule has 170 valence electrons. The maximum atomic E-state index is 13.7. The van der Waals surface area contributed by atoms with Crippen LogP contribution in [0.1, 0.15) is 30.3 Å². The molecule has 33 heavy (non-hydrogen) atoms. The minimum absolute atomic E-state index is 0.0371. The van der Waals surface area contributed by atoms with Crippen molar-refractivity contribution in [1.82, 2.24) is 24.5 Å². The fourth-order valence-electron chi connectivity index (χ4n) is 5.36. The van der Waals surface area contributed by atoms with Crippen molar-refractivity contribution in [2.75, 3.05) is 5.73 Å². The van der Waals surface area contributed by atoms with E-state index < -0.39 is 29.9 Å². The van der Waals surface area contributed by atoms with Crippen LogP contribution >= 0.6 is 0 Å². The topological polar surface area (TPSA) is 132 Å². The van der Waals surface area contributed by atoms with Crippen LogP contribution in [0.15, 0.2) is 36.9 Å². The first-order valence-corrected chi connectivity index (χ1v) is 10.9. The number of fused-ring (bicyclic) bond motifs is 3. The molecule has 5 atom stereocenters. The lowest BCUT2D eigenvalue weighted by atomic mass is 9.90. The molecule has 6 rings (SSSR count). The predicted molar refractivity (Wildman–Crippen MR) is 117 cm³/mol. The third kappa shape index (κ3) is 3.01. The Morgan fingerprint density at radius 1 is 1.27 bits per heavy atom. The summed E-state index contributed by atoms with van der Waals surface area (Å²) in [5.74, 6) is -0.800. The van der Waals surface area contributed by atoms with E-state index in [1.807, 2.05) is 25.3 Å². The molecule has 4 aromatic rings. The van der Waals surface area contributed by atoms with Gasteiger partial charge in [0.25, 0.3) is 0 Å². The zero-order valence-corrected chi connectivity index (χ0v) is 17.9. The van der Waals surface area contributed by atoms with Crippen molar-refractivity contribution >= 4 is 27.9 Å². The number of nitrogens with two attached hydrogens (primary N) is 1. The highest BCUT2D eigenvalue weighted by molar-refractivity contribution is 5.78. The summed E-state index contributed by atoms with van der Waals surface area (Å²) in [6, 6.07) is 4.99. The summed E-state index contributed by atoms with van der Waals surface area (Å²) in [5.41, 5.74) is 7.56. The van der Waals surface area contributed by atoms with Crippen LogP contribution in [0.2, 0.25) is 0 Å². The normalized spacial score (nSPS) is 29.2. The highest BCUT2D eigenvalue weighted by Gasteiger charge is 2.61. The molecular formula is C23H23FN6O3. The number of halogens is 1. The summed E-state index contributed by atoms with van der Waals surface area (Å²) in [6.45, 7) is 1.90. The number of nitrogens with zero attached hydrogens (tertiary/aromatic N) is 5. The number of aliphatic hydroxyl groups is 2. The van der Waals surface area contributed by atoms with Crippen LogP contribution in [-0.2, 0) is 11.2 Å². The molecule has 1 aliphatic carbocycles. The van der Waals surface area contributed by atoms with Crippen LogP contribution in [-0.4, -0.2) is 52.5 Å². The van der Waals surface area contributed by atoms with Gasteiger partial charge in [0.2, 0.25) is 0 Å². The average molecular weight is 450 g/mol. The number of aryl methyl sites for hydroxylation is 1. The van der Waals surface area contributed by atoms with E-state index in [1.165, 1.54) is 12.4 Å². The van der Waals surface area contributed by atoms with Gasteiger partial charge in [-0.05, 0) is 49.8 Å². The smallest absolute Gasteiger partial charge is 0.167 e. The van der Waals surface area contributed by atoms with Gasteiger partial charge in [-0.2, -0.15) is 0 Å². The minimum Gasteiger partial charge on any atom is -0.385 e. The fourth-order valence-corrected chi connectivity index (χ4v) is 5.36. The molecule has 0 aromatic carbocycles. The maximum Gasteiger partial charge on any atom is 0.167 e. The average Bonchev–Trinajstić information content (AvgIpc) is 3.42. The third-order valence-corrected chi connectivity index (χ3v) is 7.09. The Hall–Kier alpha value is -3.21. The molecule has 2 aliphatic rings. The highest BCUT2D eigenvalue weighted by atomic mass is 19.1. The summed E-state index contributed by atoms with van der Waals surface area (Å²) in [5, 5.41) is 23.3. The van der Waals surface area contributed by atoms with Gasteiger partial charge in [0, 0.05) is 23.8 Å². The molecule has 4 N–H and O–H groups in total. The Labute approximate surface area is 188 Å². The molecular weight excluding hydrogens is 427 g/mol. The van der Waals surface area contributed by atoms with Crippen LogP contribution in [0.4, 0.5) is 10.2 Å². The number of rotatable bonds is 3.